The molecule has 0 aromatic carbocycles. The van der Waals surface area contributed by atoms with Crippen molar-refractivity contribution in [2.75, 3.05) is 13.2 Å². The Bertz CT molecular complexity index is 241. The van der Waals surface area contributed by atoms with Gasteiger partial charge in [0.2, 0.25) is 0 Å². The highest BCUT2D eigenvalue weighted by Crippen LogP contribution is 2.49. The predicted octanol–water partition coefficient (Wildman–Crippen LogP) is 4.14. The van der Waals surface area contributed by atoms with E-state index in [-0.39, 0.29) is 5.79 Å². The summed E-state index contributed by atoms with van der Waals surface area (Å²) in [5.74, 6) is 0.563. The van der Waals surface area contributed by atoms with Crippen LogP contribution in [0.2, 0.25) is 0 Å². The first-order valence-electron chi connectivity index (χ1n) is 7.36. The Labute approximate surface area is 106 Å². The lowest BCUT2D eigenvalue weighted by Gasteiger charge is -2.46. The SMILES string of the molecule is CCCCCC1CC2(CCC1(C)C)OCCO2. The van der Waals surface area contributed by atoms with Gasteiger partial charge in [0.05, 0.1) is 13.2 Å². The molecule has 17 heavy (non-hydrogen) atoms. The molecule has 2 aliphatic rings. The fourth-order valence-electron chi connectivity index (χ4n) is 3.36. The minimum absolute atomic E-state index is 0.202. The Kier molecular flexibility index (Phi) is 4.14. The summed E-state index contributed by atoms with van der Waals surface area (Å²) in [4.78, 5) is 0. The second-order valence-corrected chi connectivity index (χ2v) is 6.49. The molecule has 2 heteroatoms. The van der Waals surface area contributed by atoms with E-state index < -0.39 is 0 Å². The normalized spacial score (nSPS) is 30.9. The molecular formula is C15H28O2. The summed E-state index contributed by atoms with van der Waals surface area (Å²) in [6.07, 6.45) is 8.82. The summed E-state index contributed by atoms with van der Waals surface area (Å²) >= 11 is 0. The zero-order valence-corrected chi connectivity index (χ0v) is 11.8. The van der Waals surface area contributed by atoms with Gasteiger partial charge in [0, 0.05) is 12.8 Å². The standard InChI is InChI=1S/C15H28O2/c1-4-5-6-7-13-12-15(16-10-11-17-15)9-8-14(13,2)3/h13H,4-12H2,1-3H3. The number of hydrogen-bond acceptors (Lipinski definition) is 2. The van der Waals surface area contributed by atoms with E-state index in [1.165, 1.54) is 32.1 Å². The Morgan fingerprint density at radius 1 is 1.06 bits per heavy atom. The third-order valence-electron chi connectivity index (χ3n) is 4.78. The van der Waals surface area contributed by atoms with Gasteiger partial charge in [-0.25, -0.2) is 0 Å². The molecule has 1 aliphatic carbocycles. The Morgan fingerprint density at radius 2 is 1.76 bits per heavy atom. The van der Waals surface area contributed by atoms with E-state index in [4.69, 9.17) is 9.47 Å². The highest BCUT2D eigenvalue weighted by molar-refractivity contribution is 4.92. The molecule has 1 atom stereocenters. The van der Waals surface area contributed by atoms with Crippen LogP contribution in [0, 0.1) is 11.3 Å². The van der Waals surface area contributed by atoms with Gasteiger partial charge in [-0.1, -0.05) is 40.0 Å². The van der Waals surface area contributed by atoms with Gasteiger partial charge < -0.3 is 9.47 Å². The third-order valence-corrected chi connectivity index (χ3v) is 4.78. The van der Waals surface area contributed by atoms with E-state index in [1.807, 2.05) is 0 Å². The molecule has 0 aromatic heterocycles. The molecule has 0 radical (unpaired) electrons. The molecule has 2 rings (SSSR count). The molecule has 0 bridgehead atoms. The van der Waals surface area contributed by atoms with Crippen LogP contribution in [-0.2, 0) is 9.47 Å². The maximum atomic E-state index is 5.89. The van der Waals surface area contributed by atoms with Crippen LogP contribution >= 0.6 is 0 Å². The summed E-state index contributed by atoms with van der Waals surface area (Å²) in [6, 6.07) is 0. The summed E-state index contributed by atoms with van der Waals surface area (Å²) in [5.41, 5.74) is 0.467. The second kappa shape index (κ2) is 5.27. The Morgan fingerprint density at radius 3 is 2.41 bits per heavy atom. The van der Waals surface area contributed by atoms with Crippen LogP contribution in [-0.4, -0.2) is 19.0 Å². The molecule has 100 valence electrons. The van der Waals surface area contributed by atoms with E-state index in [0.29, 0.717) is 5.41 Å². The van der Waals surface area contributed by atoms with Crippen LogP contribution in [0.4, 0.5) is 0 Å². The van der Waals surface area contributed by atoms with Gasteiger partial charge in [-0.3, -0.25) is 0 Å². The predicted molar refractivity (Wildman–Crippen MR) is 69.9 cm³/mol. The maximum Gasteiger partial charge on any atom is 0.168 e. The summed E-state index contributed by atoms with van der Waals surface area (Å²) < 4.78 is 11.8. The number of unbranched alkanes of at least 4 members (excludes halogenated alkanes) is 2. The second-order valence-electron chi connectivity index (χ2n) is 6.49. The average molecular weight is 240 g/mol. The largest absolute Gasteiger partial charge is 0.348 e. The van der Waals surface area contributed by atoms with Gasteiger partial charge in [-0.05, 0) is 24.2 Å². The summed E-state index contributed by atoms with van der Waals surface area (Å²) in [5, 5.41) is 0. The smallest absolute Gasteiger partial charge is 0.168 e. The van der Waals surface area contributed by atoms with Crippen molar-refractivity contribution >= 4 is 0 Å². The van der Waals surface area contributed by atoms with Crippen LogP contribution in [0.5, 0.6) is 0 Å². The molecule has 1 saturated carbocycles. The molecule has 1 unspecified atom stereocenters. The van der Waals surface area contributed by atoms with Gasteiger partial charge in [-0.2, -0.15) is 0 Å². The topological polar surface area (TPSA) is 18.5 Å². The highest BCUT2D eigenvalue weighted by atomic mass is 16.7. The summed E-state index contributed by atoms with van der Waals surface area (Å²) in [6.45, 7) is 8.71. The van der Waals surface area contributed by atoms with E-state index >= 15 is 0 Å². The van der Waals surface area contributed by atoms with E-state index in [2.05, 4.69) is 20.8 Å². The molecule has 1 spiro atoms. The fourth-order valence-corrected chi connectivity index (χ4v) is 3.36. The van der Waals surface area contributed by atoms with Crippen molar-refractivity contribution in [1.82, 2.24) is 0 Å². The van der Waals surface area contributed by atoms with Crippen molar-refractivity contribution in [1.29, 1.82) is 0 Å². The van der Waals surface area contributed by atoms with Crippen LogP contribution in [0.3, 0.4) is 0 Å². The molecular weight excluding hydrogens is 212 g/mol. The molecule has 2 fully saturated rings. The molecule has 0 amide bonds. The fraction of sp³-hybridized carbons (Fsp3) is 1.00. The first-order valence-corrected chi connectivity index (χ1v) is 7.36. The molecule has 1 heterocycles. The van der Waals surface area contributed by atoms with Crippen molar-refractivity contribution in [3.63, 3.8) is 0 Å². The first kappa shape index (κ1) is 13.4. The minimum atomic E-state index is -0.202. The zero-order valence-electron chi connectivity index (χ0n) is 11.8. The highest BCUT2D eigenvalue weighted by Gasteiger charge is 2.47. The Hall–Kier alpha value is -0.0800. The number of ether oxygens (including phenoxy) is 2. The Balaban J connectivity index is 1.94. The third kappa shape index (κ3) is 3.03. The van der Waals surface area contributed by atoms with Crippen LogP contribution in [0.1, 0.15) is 65.7 Å². The zero-order chi connectivity index (χ0) is 12.4. The molecule has 2 nitrogen and oxygen atoms in total. The average Bonchev–Trinajstić information content (AvgIpc) is 2.73. The first-order chi connectivity index (χ1) is 8.08. The lowest BCUT2D eigenvalue weighted by atomic mass is 9.65. The minimum Gasteiger partial charge on any atom is -0.348 e. The van der Waals surface area contributed by atoms with Gasteiger partial charge in [-0.15, -0.1) is 0 Å². The van der Waals surface area contributed by atoms with Gasteiger partial charge in [0.15, 0.2) is 5.79 Å². The van der Waals surface area contributed by atoms with E-state index in [1.54, 1.807) is 0 Å². The lowest BCUT2D eigenvalue weighted by molar-refractivity contribution is -0.205. The van der Waals surface area contributed by atoms with Crippen LogP contribution in [0.25, 0.3) is 0 Å². The molecule has 0 N–H and O–H groups in total. The molecule has 1 saturated heterocycles. The van der Waals surface area contributed by atoms with Gasteiger partial charge in [0.1, 0.15) is 0 Å². The monoisotopic (exact) mass is 240 g/mol. The molecule has 1 aliphatic heterocycles. The van der Waals surface area contributed by atoms with Crippen molar-refractivity contribution in [3.05, 3.63) is 0 Å². The van der Waals surface area contributed by atoms with Crippen LogP contribution in [0.15, 0.2) is 0 Å². The van der Waals surface area contributed by atoms with Gasteiger partial charge >= 0.3 is 0 Å². The van der Waals surface area contributed by atoms with Crippen molar-refractivity contribution < 1.29 is 9.47 Å². The van der Waals surface area contributed by atoms with Crippen molar-refractivity contribution in [2.24, 2.45) is 11.3 Å². The van der Waals surface area contributed by atoms with Crippen LogP contribution < -0.4 is 0 Å². The quantitative estimate of drug-likeness (QED) is 0.688. The van der Waals surface area contributed by atoms with Crippen molar-refractivity contribution in [3.8, 4) is 0 Å². The van der Waals surface area contributed by atoms with E-state index in [0.717, 1.165) is 32.0 Å². The van der Waals surface area contributed by atoms with Crippen molar-refractivity contribution in [2.45, 2.75) is 71.5 Å². The van der Waals surface area contributed by atoms with E-state index in [9.17, 15) is 0 Å². The van der Waals surface area contributed by atoms with Gasteiger partial charge in [0.25, 0.3) is 0 Å². The summed E-state index contributed by atoms with van der Waals surface area (Å²) in [7, 11) is 0. The molecule has 0 aromatic rings. The number of rotatable bonds is 4. The number of hydrogen-bond donors (Lipinski definition) is 0. The maximum absolute atomic E-state index is 5.89. The lowest BCUT2D eigenvalue weighted by Crippen LogP contribution is -2.43.